The van der Waals surface area contributed by atoms with Crippen molar-refractivity contribution in [1.82, 2.24) is 5.16 Å². The monoisotopic (exact) mass is 215 g/mol. The molecule has 1 aromatic heterocycles. The number of benzene rings is 1. The molecule has 2 aromatic rings. The number of hydrogen-bond donors (Lipinski definition) is 1. The fourth-order valence-electron chi connectivity index (χ4n) is 1.12. The molecule has 0 aliphatic carbocycles. The van der Waals surface area contributed by atoms with Crippen LogP contribution in [0.3, 0.4) is 0 Å². The Morgan fingerprint density at radius 3 is 2.93 bits per heavy atom. The molecule has 0 unspecified atom stereocenters. The number of aromatic nitrogens is 2. The third-order valence-electron chi connectivity index (χ3n) is 1.77. The van der Waals surface area contributed by atoms with Crippen molar-refractivity contribution in [1.29, 1.82) is 0 Å². The molecule has 0 spiro atoms. The van der Waals surface area contributed by atoms with Crippen molar-refractivity contribution in [3.8, 4) is 5.75 Å². The van der Waals surface area contributed by atoms with Crippen LogP contribution in [0, 0.1) is 21.1 Å². The first-order chi connectivity index (χ1) is 7.02. The molecule has 78 valence electrons. The molecule has 0 atom stereocenters. The highest BCUT2D eigenvalue weighted by atomic mass is 19.1. The van der Waals surface area contributed by atoms with Crippen LogP contribution >= 0.6 is 0 Å². The van der Waals surface area contributed by atoms with E-state index < -0.39 is 33.2 Å². The first kappa shape index (κ1) is 9.12. The molecule has 0 saturated carbocycles. The minimum atomic E-state index is -1.29. The van der Waals surface area contributed by atoms with E-state index in [1.807, 2.05) is 0 Å². The Bertz CT molecular complexity index is 565. The Hall–Kier alpha value is -2.45. The number of non-ortho nitro benzene ring substituents is 1. The van der Waals surface area contributed by atoms with Gasteiger partial charge in [-0.15, -0.1) is 0 Å². The van der Waals surface area contributed by atoms with Crippen LogP contribution in [0.1, 0.15) is 0 Å². The molecule has 15 heavy (non-hydrogen) atoms. The van der Waals surface area contributed by atoms with Crippen molar-refractivity contribution in [3.05, 3.63) is 27.2 Å². The van der Waals surface area contributed by atoms with Gasteiger partial charge in [0.25, 0.3) is 5.52 Å². The highest BCUT2D eigenvalue weighted by Crippen LogP contribution is 2.31. The topological polar surface area (TPSA) is 116 Å². The molecule has 0 bridgehead atoms. The summed E-state index contributed by atoms with van der Waals surface area (Å²) in [6, 6.07) is 0.459. The molecule has 1 aromatic carbocycles. The van der Waals surface area contributed by atoms with Crippen LogP contribution in [-0.2, 0) is 0 Å². The Balaban J connectivity index is 2.96. The first-order valence-electron chi connectivity index (χ1n) is 3.57. The highest BCUT2D eigenvalue weighted by molar-refractivity contribution is 5.86. The number of nitrogens with zero attached hydrogens (tertiary/aromatic N) is 3. The summed E-state index contributed by atoms with van der Waals surface area (Å²) in [5, 5.41) is 33.5. The van der Waals surface area contributed by atoms with Crippen LogP contribution in [0.25, 0.3) is 11.0 Å². The zero-order chi connectivity index (χ0) is 11.2. The van der Waals surface area contributed by atoms with E-state index >= 15 is 0 Å². The van der Waals surface area contributed by atoms with E-state index in [-0.39, 0.29) is 4.90 Å². The summed E-state index contributed by atoms with van der Waals surface area (Å²) in [4.78, 5) is 9.21. The van der Waals surface area contributed by atoms with Gasteiger partial charge in [0, 0.05) is 0 Å². The van der Waals surface area contributed by atoms with E-state index in [4.69, 9.17) is 5.11 Å². The van der Waals surface area contributed by atoms with Gasteiger partial charge in [-0.2, -0.15) is 0 Å². The van der Waals surface area contributed by atoms with Gasteiger partial charge in [0.05, 0.1) is 16.1 Å². The second-order valence-electron chi connectivity index (χ2n) is 2.61. The Labute approximate surface area is 79.8 Å². The maximum Gasteiger partial charge on any atom is 0.330 e. The van der Waals surface area contributed by atoms with E-state index in [0.29, 0.717) is 6.07 Å². The quantitative estimate of drug-likeness (QED) is 0.413. The molecule has 0 amide bonds. The summed E-state index contributed by atoms with van der Waals surface area (Å²) >= 11 is 0. The predicted molar refractivity (Wildman–Crippen MR) is 41.2 cm³/mol. The second kappa shape index (κ2) is 2.77. The summed E-state index contributed by atoms with van der Waals surface area (Å²) in [7, 11) is 0. The Kier molecular flexibility index (Phi) is 1.68. The van der Waals surface area contributed by atoms with Gasteiger partial charge in [-0.05, 0) is 4.90 Å². The lowest BCUT2D eigenvalue weighted by Crippen LogP contribution is -2.22. The smallest absolute Gasteiger partial charge is 0.330 e. The van der Waals surface area contributed by atoms with E-state index in [1.165, 1.54) is 0 Å². The minimum absolute atomic E-state index is 0.305. The van der Waals surface area contributed by atoms with Gasteiger partial charge < -0.3 is 10.3 Å². The van der Waals surface area contributed by atoms with E-state index in [2.05, 4.69) is 9.79 Å². The molecule has 0 fully saturated rings. The largest absolute Gasteiger partial charge is 0.502 e. The van der Waals surface area contributed by atoms with Crippen LogP contribution in [0.15, 0.2) is 10.7 Å². The summed E-state index contributed by atoms with van der Waals surface area (Å²) in [5.41, 5.74) is -1.96. The Morgan fingerprint density at radius 1 is 1.67 bits per heavy atom. The normalized spacial score (nSPS) is 10.7. The highest BCUT2D eigenvalue weighted by Gasteiger charge is 2.29. The maximum absolute atomic E-state index is 13.0. The van der Waals surface area contributed by atoms with Gasteiger partial charge >= 0.3 is 11.2 Å². The Morgan fingerprint density at radius 2 is 2.33 bits per heavy atom. The van der Waals surface area contributed by atoms with Gasteiger partial charge in [-0.25, -0.2) is 4.39 Å². The number of phenols is 1. The molecular formula is C6H2FN3O5. The summed E-state index contributed by atoms with van der Waals surface area (Å²) in [6.45, 7) is 0. The van der Waals surface area contributed by atoms with Crippen LogP contribution < -0.4 is 4.90 Å². The predicted octanol–water partition coefficient (Wildman–Crippen LogP) is 0.214. The average Bonchev–Trinajstić information content (AvgIpc) is 2.54. The first-order valence-corrected chi connectivity index (χ1v) is 3.57. The number of phenolic OH excluding ortho intramolecular Hbond substituents is 1. The maximum atomic E-state index is 13.0. The second-order valence-corrected chi connectivity index (χ2v) is 2.61. The average molecular weight is 215 g/mol. The molecule has 0 saturated heterocycles. The van der Waals surface area contributed by atoms with Gasteiger partial charge in [-0.3, -0.25) is 14.7 Å². The third-order valence-corrected chi connectivity index (χ3v) is 1.77. The van der Waals surface area contributed by atoms with Crippen molar-refractivity contribution >= 4 is 16.7 Å². The van der Waals surface area contributed by atoms with E-state index in [0.717, 1.165) is 0 Å². The number of hydrogen-bond acceptors (Lipinski definition) is 6. The van der Waals surface area contributed by atoms with Gasteiger partial charge in [0.1, 0.15) is 0 Å². The van der Waals surface area contributed by atoms with Crippen molar-refractivity contribution < 1.29 is 24.0 Å². The molecule has 8 nitrogen and oxygen atoms in total. The van der Waals surface area contributed by atoms with Crippen LogP contribution in [-0.4, -0.2) is 15.2 Å². The lowest BCUT2D eigenvalue weighted by Gasteiger charge is -1.94. The molecular weight excluding hydrogens is 213 g/mol. The third kappa shape index (κ3) is 1.13. The van der Waals surface area contributed by atoms with E-state index in [1.54, 1.807) is 0 Å². The lowest BCUT2D eigenvalue weighted by molar-refractivity contribution is -0.782. The fourth-order valence-corrected chi connectivity index (χ4v) is 1.12. The van der Waals surface area contributed by atoms with Crippen LogP contribution in [0.4, 0.5) is 10.1 Å². The molecule has 9 heteroatoms. The molecule has 0 aliphatic rings. The molecule has 1 N–H and O–H groups in total. The van der Waals surface area contributed by atoms with Crippen molar-refractivity contribution in [2.75, 3.05) is 0 Å². The van der Waals surface area contributed by atoms with Crippen LogP contribution in [0.5, 0.6) is 5.75 Å². The van der Waals surface area contributed by atoms with E-state index in [9.17, 15) is 19.7 Å². The molecule has 0 aliphatic heterocycles. The SMILES string of the molecule is O=[N+]([O-])c1cc(F)c(O)c2c1no[n+]2[O-]. The zero-order valence-corrected chi connectivity index (χ0v) is 6.88. The number of halogens is 1. The summed E-state index contributed by atoms with van der Waals surface area (Å²) in [5.74, 6) is -2.33. The molecule has 0 radical (unpaired) electrons. The number of nitro benzene ring substituents is 1. The van der Waals surface area contributed by atoms with Gasteiger partial charge in [0.15, 0.2) is 5.82 Å². The summed E-state index contributed by atoms with van der Waals surface area (Å²) < 4.78 is 17.0. The van der Waals surface area contributed by atoms with Gasteiger partial charge in [0.2, 0.25) is 5.75 Å². The number of fused-ring (bicyclic) bond motifs is 1. The molecule has 2 rings (SSSR count). The zero-order valence-electron chi connectivity index (χ0n) is 6.88. The van der Waals surface area contributed by atoms with Crippen molar-refractivity contribution in [2.24, 2.45) is 0 Å². The van der Waals surface area contributed by atoms with Crippen molar-refractivity contribution in [2.45, 2.75) is 0 Å². The lowest BCUT2D eigenvalue weighted by atomic mass is 10.2. The van der Waals surface area contributed by atoms with Crippen molar-refractivity contribution in [3.63, 3.8) is 0 Å². The molecule has 1 heterocycles. The standard InChI is InChI=1S/C6H2FN3O5/c7-2-1-3(9(12)13)4-5(6(2)11)10(14)15-8-4/h1,11H. The fraction of sp³-hybridized carbons (Fsp3) is 0. The van der Waals surface area contributed by atoms with Crippen LogP contribution in [0.2, 0.25) is 0 Å². The minimum Gasteiger partial charge on any atom is -0.502 e. The number of rotatable bonds is 1. The number of nitro groups is 1. The van der Waals surface area contributed by atoms with Gasteiger partial charge in [-0.1, -0.05) is 0 Å². The summed E-state index contributed by atoms with van der Waals surface area (Å²) in [6.07, 6.45) is 0. The number of aromatic hydroxyl groups is 1.